The van der Waals surface area contributed by atoms with Crippen LogP contribution in [0.4, 0.5) is 4.79 Å². The average molecular weight is 1900 g/mol. The first-order chi connectivity index (χ1) is 60.0. The summed E-state index contributed by atoms with van der Waals surface area (Å²) in [6, 6.07) is 24.1. The number of alkyl halides is 3. The van der Waals surface area contributed by atoms with Gasteiger partial charge in [0.2, 0.25) is 0 Å². The molecular weight excluding hydrogens is 1760 g/mol. The van der Waals surface area contributed by atoms with E-state index >= 15 is 0 Å². The molecule has 41 heteroatoms. The summed E-state index contributed by atoms with van der Waals surface area (Å²) in [5, 5.41) is 71.4. The van der Waals surface area contributed by atoms with Crippen LogP contribution < -0.4 is 0 Å². The molecule has 0 radical (unpaired) electrons. The number of esters is 11. The van der Waals surface area contributed by atoms with Crippen molar-refractivity contribution in [3.8, 4) is 0 Å². The molecule has 0 aromatic heterocycles. The minimum atomic E-state index is -1.26. The number of ketones is 1. The highest BCUT2D eigenvalue weighted by atomic mass is 35.5. The van der Waals surface area contributed by atoms with Gasteiger partial charge < -0.3 is 121 Å². The molecule has 6 atom stereocenters. The zero-order chi connectivity index (χ0) is 99.4. The normalized spacial score (nSPS) is 14.0. The highest BCUT2D eigenvalue weighted by molar-refractivity contribution is 7.15. The van der Waals surface area contributed by atoms with Crippen LogP contribution in [0.25, 0.3) is 0 Å². The van der Waals surface area contributed by atoms with Gasteiger partial charge in [-0.1, -0.05) is 78.9 Å². The fourth-order valence-corrected chi connectivity index (χ4v) is 8.67. The fraction of sp³-hybridized carbons (Fsp3) is 0.628. The van der Waals surface area contributed by atoms with Crippen LogP contribution in [0, 0.1) is 37.9 Å². The van der Waals surface area contributed by atoms with Crippen LogP contribution in [0.1, 0.15) is 152 Å². The number of carboxylic acids is 1. The van der Waals surface area contributed by atoms with Crippen LogP contribution in [0.3, 0.4) is 0 Å². The minimum Gasteiger partial charge on any atom is -0.562 e. The van der Waals surface area contributed by atoms with E-state index in [0.717, 1.165) is 27.8 Å². The molecular formula is C86H133Cl3O37P-. The molecule has 3 aromatic carbocycles. The van der Waals surface area contributed by atoms with Gasteiger partial charge in [0.05, 0.1) is 79.9 Å². The number of carboxylic acid groups (broad SMARTS) is 1. The van der Waals surface area contributed by atoms with Gasteiger partial charge >= 0.3 is 77.8 Å². The highest BCUT2D eigenvalue weighted by Gasteiger charge is 2.43. The second-order valence-corrected chi connectivity index (χ2v) is 30.2. The highest BCUT2D eigenvalue weighted by Crippen LogP contribution is 2.27. The second kappa shape index (κ2) is 72.0. The fourth-order valence-electron chi connectivity index (χ4n) is 8.24. The number of hydrogen-bond acceptors (Lipinski definition) is 36. The van der Waals surface area contributed by atoms with E-state index in [-0.39, 0.29) is 125 Å². The molecule has 1 fully saturated rings. The van der Waals surface area contributed by atoms with Gasteiger partial charge in [0.15, 0.2) is 5.78 Å². The third-order valence-corrected chi connectivity index (χ3v) is 17.6. The van der Waals surface area contributed by atoms with E-state index in [1.807, 2.05) is 78.9 Å². The van der Waals surface area contributed by atoms with Crippen molar-refractivity contribution >= 4 is 128 Å². The number of aliphatic hydroxyl groups excluding tert-OH is 7. The van der Waals surface area contributed by atoms with Crippen LogP contribution in [0.15, 0.2) is 78.9 Å². The van der Waals surface area contributed by atoms with E-state index in [0.29, 0.717) is 37.4 Å². The largest absolute Gasteiger partial charge is 0.562 e. The lowest BCUT2D eigenvalue weighted by molar-refractivity contribution is -0.168. The van der Waals surface area contributed by atoms with E-state index in [2.05, 4.69) is 18.7 Å². The standard InChI is InChI=1S/C15H19ClO5.C14H15ClO5.2C11H20O6.C9H9ClO.2C9H16O5.C7H14O4.CH4P/c1-11(18)21-10-15(2,9-17)14(19)20-8-13-5-3-12(7-16)4-6-13;1-14(8-19-13(17)20-9-14)12(16)18-7-11-4-2-10(6-15)3-5-11;2*1-9(14)17-8-11(2,7-13)10(15)16-6-4-3-5-12;10-7-9(11)6-8-4-2-1-3-5-8;2*1-4-13-8(12)9(3,5-10)6-14-7(2)11;1-7(4-10-2,5-11-3)6(8)9;1-2/h3-6,17H,7-10H2,1-2H3;2-5H,6-9H2,1H3;2*12-13H,3-8H2,1-2H3;1-5H,6-7H2;2*10H,4-6H2,1-3H3;4-5H2,1-3H3,(H,8,9);2H,1H3/q;;;;;;;;-1/i;;;;7T;;;;. The molecule has 1 heterocycles. The molecule has 0 amide bonds. The molecule has 1 aliphatic rings. The maximum atomic E-state index is 12.0. The van der Waals surface area contributed by atoms with E-state index in [1.165, 1.54) is 83.5 Å². The first-order valence-electron chi connectivity index (χ1n) is 40.0. The number of Topliss-reactive ketones (excluding diaryl/α,β-unsaturated/α-hetero) is 1. The van der Waals surface area contributed by atoms with Gasteiger partial charge in [-0.3, -0.25) is 62.3 Å². The number of carbonyl (C=O) groups excluding carboxylic acids is 13. The molecule has 3 aromatic rings. The van der Waals surface area contributed by atoms with E-state index in [1.54, 1.807) is 34.4 Å². The van der Waals surface area contributed by atoms with Crippen molar-refractivity contribution in [2.75, 3.05) is 159 Å². The van der Waals surface area contributed by atoms with Gasteiger partial charge in [-0.05, 0) is 116 Å². The molecule has 726 valence electrons. The number of halogens is 3. The Morgan fingerprint density at radius 1 is 0.409 bits per heavy atom. The van der Waals surface area contributed by atoms with Crippen molar-refractivity contribution in [3.63, 3.8) is 0 Å². The topological polar surface area (TPSA) is 539 Å². The number of cyclic esters (lactones) is 2. The number of hydrogen-bond donors (Lipinski definition) is 8. The average Bonchev–Trinajstić information content (AvgIpc) is 0.823. The lowest BCUT2D eigenvalue weighted by Crippen LogP contribution is -2.44. The molecule has 1 saturated heterocycles. The molecule has 0 aliphatic carbocycles. The van der Waals surface area contributed by atoms with Gasteiger partial charge in [-0.2, -0.15) is 6.66 Å². The molecule has 8 N–H and O–H groups in total. The van der Waals surface area contributed by atoms with E-state index in [9.17, 15) is 72.2 Å². The van der Waals surface area contributed by atoms with Gasteiger partial charge in [0, 0.05) is 80.2 Å². The predicted octanol–water partition coefficient (Wildman–Crippen LogP) is 7.79. The summed E-state index contributed by atoms with van der Waals surface area (Å²) in [5.74, 6) is -7.39. The van der Waals surface area contributed by atoms with Crippen molar-refractivity contribution in [2.24, 2.45) is 37.9 Å². The number of rotatable bonds is 45. The molecule has 1 aliphatic heterocycles. The third kappa shape index (κ3) is 57.7. The van der Waals surface area contributed by atoms with Crippen LogP contribution in [-0.4, -0.2) is 283 Å². The van der Waals surface area contributed by atoms with Crippen LogP contribution in [0.5, 0.6) is 0 Å². The van der Waals surface area contributed by atoms with Crippen molar-refractivity contribution < 1.29 is 180 Å². The number of methoxy groups -OCH3 is 2. The summed E-state index contributed by atoms with van der Waals surface area (Å²) in [4.78, 5) is 156. The maximum Gasteiger partial charge on any atom is 0.508 e. The maximum absolute atomic E-state index is 12.0. The van der Waals surface area contributed by atoms with Gasteiger partial charge in [-0.25, -0.2) is 4.79 Å². The van der Waals surface area contributed by atoms with Crippen LogP contribution in [0.2, 0.25) is 0 Å². The lowest BCUT2D eigenvalue weighted by Gasteiger charge is -2.29. The lowest BCUT2D eigenvalue weighted by atomic mass is 9.92. The Morgan fingerprint density at radius 3 is 0.945 bits per heavy atom. The van der Waals surface area contributed by atoms with Crippen LogP contribution >= 0.6 is 44.0 Å². The third-order valence-electron chi connectivity index (χ3n) is 16.7. The Kier molecular flexibility index (Phi) is 70.6. The SMILES string of the molecule is CC(=O)OCC(C)(CO)C(=O)OCCCCO.CC(=O)OCC(C)(CO)C(=O)OCCCCO.CC(=O)OCC(C)(CO)C(=O)OCc1ccc(CCl)cc1.CC1(C(=O)OCc2ccc(CCl)cc2)COC(=O)OC1.CCOC(=O)C(C)(CO)COC(C)=O.CCOC(=O)C(C)(CO)COC(C)=O.COCC(C)(COC)C(=O)O.C[PH-].[3H]C(Cl)C(=O)Cc1ccccc1. The first-order valence-corrected chi connectivity index (χ1v) is 41.9. The Labute approximate surface area is 761 Å². The number of aliphatic hydroxyl groups is 7. The van der Waals surface area contributed by atoms with Crippen molar-refractivity contribution in [1.29, 1.82) is 0 Å². The van der Waals surface area contributed by atoms with Crippen molar-refractivity contribution in [1.82, 2.24) is 0 Å². The molecule has 127 heavy (non-hydrogen) atoms. The zero-order valence-corrected chi connectivity index (χ0v) is 78.9. The summed E-state index contributed by atoms with van der Waals surface area (Å²) >= 11 is 16.7. The zero-order valence-electron chi connectivity index (χ0n) is 76.6. The molecule has 4 rings (SSSR count). The smallest absolute Gasteiger partial charge is 0.508 e. The van der Waals surface area contributed by atoms with Gasteiger partial charge in [0.25, 0.3) is 0 Å². The summed E-state index contributed by atoms with van der Waals surface area (Å²) < 4.78 is 79.2. The van der Waals surface area contributed by atoms with E-state index < -0.39 is 155 Å². The Balaban J connectivity index is -0.000000453. The Hall–Kier alpha value is -8.82. The van der Waals surface area contributed by atoms with Gasteiger partial charge in [0.1, 0.15) is 97.4 Å². The number of carbonyl (C=O) groups is 14. The number of aliphatic carboxylic acids is 1. The summed E-state index contributed by atoms with van der Waals surface area (Å²) in [6.07, 6.45) is 1.69. The minimum absolute atomic E-state index is 0.0319. The Bertz CT molecular complexity index is 3580. The van der Waals surface area contributed by atoms with Crippen LogP contribution in [-0.2, 0) is 165 Å². The monoisotopic (exact) mass is 1900 g/mol. The number of ether oxygens (including phenoxy) is 15. The second-order valence-electron chi connectivity index (χ2n) is 29.5. The molecule has 37 nitrogen and oxygen atoms in total. The first kappa shape index (κ1) is 124. The molecule has 0 spiro atoms. The van der Waals surface area contributed by atoms with Crippen molar-refractivity contribution in [2.45, 2.75) is 154 Å². The predicted molar refractivity (Wildman–Crippen MR) is 464 cm³/mol. The number of benzene rings is 3. The summed E-state index contributed by atoms with van der Waals surface area (Å²) in [5.41, 5.74) is -3.38. The summed E-state index contributed by atoms with van der Waals surface area (Å²) in [7, 11) is 5.91. The quantitative estimate of drug-likeness (QED) is 0.00879. The summed E-state index contributed by atoms with van der Waals surface area (Å²) in [6.45, 7) is 20.1. The van der Waals surface area contributed by atoms with E-state index in [4.69, 9.17) is 133 Å². The molecule has 0 bridgehead atoms. The molecule has 6 unspecified atom stereocenters. The molecule has 0 saturated carbocycles. The number of unbranched alkanes of at least 4 members (excludes halogenated alkanes) is 2. The Morgan fingerprint density at radius 2 is 0.693 bits per heavy atom. The van der Waals surface area contributed by atoms with Crippen molar-refractivity contribution in [3.05, 3.63) is 107 Å². The van der Waals surface area contributed by atoms with Gasteiger partial charge in [-0.15, -0.1) is 34.8 Å².